The summed E-state index contributed by atoms with van der Waals surface area (Å²) in [5.74, 6) is 0.220. The molecule has 0 aliphatic carbocycles. The van der Waals surface area contributed by atoms with Crippen LogP contribution in [0.2, 0.25) is 0 Å². The van der Waals surface area contributed by atoms with E-state index in [0.29, 0.717) is 44.0 Å². The first-order valence-electron chi connectivity index (χ1n) is 8.00. The summed E-state index contributed by atoms with van der Waals surface area (Å²) < 4.78 is 5.29. The summed E-state index contributed by atoms with van der Waals surface area (Å²) in [6.45, 7) is 7.76. The highest BCUT2D eigenvalue weighted by Gasteiger charge is 2.28. The summed E-state index contributed by atoms with van der Waals surface area (Å²) in [5, 5.41) is 0. The van der Waals surface area contributed by atoms with E-state index < -0.39 is 0 Å². The number of amides is 1. The zero-order valence-corrected chi connectivity index (χ0v) is 13.7. The van der Waals surface area contributed by atoms with Crippen LogP contribution in [0, 0.1) is 18.8 Å². The van der Waals surface area contributed by atoms with E-state index in [1.54, 1.807) is 0 Å². The highest BCUT2D eigenvalue weighted by molar-refractivity contribution is 5.94. The van der Waals surface area contributed by atoms with Crippen LogP contribution >= 0.6 is 0 Å². The van der Waals surface area contributed by atoms with Crippen molar-refractivity contribution in [2.75, 3.05) is 19.7 Å². The summed E-state index contributed by atoms with van der Waals surface area (Å²) in [7, 11) is 0. The summed E-state index contributed by atoms with van der Waals surface area (Å²) in [6, 6.07) is 7.62. The lowest BCUT2D eigenvalue weighted by Gasteiger charge is -2.31. The second kappa shape index (κ2) is 7.43. The van der Waals surface area contributed by atoms with Crippen LogP contribution in [0.4, 0.5) is 0 Å². The molecule has 4 heteroatoms. The zero-order chi connectivity index (χ0) is 16.1. The van der Waals surface area contributed by atoms with E-state index in [4.69, 9.17) is 4.74 Å². The number of hydrogen-bond donors (Lipinski definition) is 0. The quantitative estimate of drug-likeness (QED) is 0.803. The number of carbonyl (C=O) groups is 2. The smallest absolute Gasteiger partial charge is 0.309 e. The molecule has 0 radical (unpaired) electrons. The molecule has 22 heavy (non-hydrogen) atoms. The first kappa shape index (κ1) is 16.5. The van der Waals surface area contributed by atoms with Gasteiger partial charge < -0.3 is 9.64 Å². The number of likely N-dealkylation sites (tertiary alicyclic amines) is 1. The average Bonchev–Trinajstić information content (AvgIpc) is 2.53. The van der Waals surface area contributed by atoms with Crippen molar-refractivity contribution in [3.8, 4) is 0 Å². The standard InChI is InChI=1S/C18H25NO3/c1-13(2)12-22-18(21)16-8-10-19(11-9-16)17(20)15-6-4-14(3)5-7-15/h4-7,13,16H,8-12H2,1-3H3. The third-order valence-corrected chi connectivity index (χ3v) is 3.97. The molecule has 0 aromatic heterocycles. The molecule has 0 saturated carbocycles. The first-order chi connectivity index (χ1) is 10.5. The SMILES string of the molecule is Cc1ccc(C(=O)N2CCC(C(=O)OCC(C)C)CC2)cc1. The highest BCUT2D eigenvalue weighted by atomic mass is 16.5. The van der Waals surface area contributed by atoms with Crippen LogP contribution in [0.3, 0.4) is 0 Å². The minimum Gasteiger partial charge on any atom is -0.465 e. The normalized spacial score (nSPS) is 15.9. The predicted molar refractivity (Wildman–Crippen MR) is 85.6 cm³/mol. The molecule has 1 aromatic carbocycles. The largest absolute Gasteiger partial charge is 0.465 e. The van der Waals surface area contributed by atoms with Crippen LogP contribution in [-0.2, 0) is 9.53 Å². The Kier molecular flexibility index (Phi) is 5.58. The summed E-state index contributed by atoms with van der Waals surface area (Å²) in [6.07, 6.45) is 1.38. The number of ether oxygens (including phenoxy) is 1. The Morgan fingerprint density at radius 2 is 1.77 bits per heavy atom. The Bertz CT molecular complexity index is 514. The maximum absolute atomic E-state index is 12.4. The molecule has 1 fully saturated rings. The average molecular weight is 303 g/mol. The van der Waals surface area contributed by atoms with Crippen molar-refractivity contribution in [2.24, 2.45) is 11.8 Å². The Morgan fingerprint density at radius 1 is 1.18 bits per heavy atom. The van der Waals surface area contributed by atoms with Gasteiger partial charge in [0.15, 0.2) is 0 Å². The van der Waals surface area contributed by atoms with Crippen LogP contribution < -0.4 is 0 Å². The highest BCUT2D eigenvalue weighted by Crippen LogP contribution is 2.20. The van der Waals surface area contributed by atoms with Crippen molar-refractivity contribution >= 4 is 11.9 Å². The fraction of sp³-hybridized carbons (Fsp3) is 0.556. The van der Waals surface area contributed by atoms with E-state index in [9.17, 15) is 9.59 Å². The molecule has 1 aromatic rings. The number of nitrogens with zero attached hydrogens (tertiary/aromatic N) is 1. The lowest BCUT2D eigenvalue weighted by molar-refractivity contribution is -0.151. The van der Waals surface area contributed by atoms with Crippen molar-refractivity contribution in [1.29, 1.82) is 0 Å². The molecule has 0 N–H and O–H groups in total. The van der Waals surface area contributed by atoms with Crippen molar-refractivity contribution < 1.29 is 14.3 Å². The Morgan fingerprint density at radius 3 is 2.32 bits per heavy atom. The number of rotatable bonds is 4. The fourth-order valence-corrected chi connectivity index (χ4v) is 2.56. The molecule has 1 saturated heterocycles. The van der Waals surface area contributed by atoms with Crippen LogP contribution in [-0.4, -0.2) is 36.5 Å². The first-order valence-corrected chi connectivity index (χ1v) is 8.00. The summed E-state index contributed by atoms with van der Waals surface area (Å²) in [5.41, 5.74) is 1.86. The third-order valence-electron chi connectivity index (χ3n) is 3.97. The van der Waals surface area contributed by atoms with E-state index in [2.05, 4.69) is 0 Å². The molecular weight excluding hydrogens is 278 g/mol. The molecule has 1 heterocycles. The van der Waals surface area contributed by atoms with Crippen molar-refractivity contribution in [2.45, 2.75) is 33.6 Å². The molecule has 4 nitrogen and oxygen atoms in total. The van der Waals surface area contributed by atoms with Crippen molar-refractivity contribution in [3.63, 3.8) is 0 Å². The predicted octanol–water partition coefficient (Wildman–Crippen LogP) is 3.05. The molecule has 2 rings (SSSR count). The van der Waals surface area contributed by atoms with Gasteiger partial charge in [0.05, 0.1) is 12.5 Å². The number of hydrogen-bond acceptors (Lipinski definition) is 3. The second-order valence-electron chi connectivity index (χ2n) is 6.46. The van der Waals surface area contributed by atoms with E-state index in [0.717, 1.165) is 5.56 Å². The molecule has 0 atom stereocenters. The van der Waals surface area contributed by atoms with Gasteiger partial charge in [0.25, 0.3) is 5.91 Å². The topological polar surface area (TPSA) is 46.6 Å². The molecule has 1 amide bonds. The van der Waals surface area contributed by atoms with Crippen LogP contribution in [0.5, 0.6) is 0 Å². The van der Waals surface area contributed by atoms with Crippen LogP contribution in [0.1, 0.15) is 42.6 Å². The van der Waals surface area contributed by atoms with Crippen molar-refractivity contribution in [1.82, 2.24) is 4.90 Å². The van der Waals surface area contributed by atoms with Crippen LogP contribution in [0.15, 0.2) is 24.3 Å². The number of benzene rings is 1. The number of esters is 1. The van der Waals surface area contributed by atoms with Gasteiger partial charge in [-0.05, 0) is 37.8 Å². The van der Waals surface area contributed by atoms with Gasteiger partial charge >= 0.3 is 5.97 Å². The summed E-state index contributed by atoms with van der Waals surface area (Å²) >= 11 is 0. The van der Waals surface area contributed by atoms with Gasteiger partial charge in [-0.3, -0.25) is 9.59 Å². The van der Waals surface area contributed by atoms with Gasteiger partial charge in [-0.1, -0.05) is 31.5 Å². The molecule has 0 spiro atoms. The Balaban J connectivity index is 1.85. The number of piperidine rings is 1. The number of carbonyl (C=O) groups excluding carboxylic acids is 2. The van der Waals surface area contributed by atoms with Gasteiger partial charge in [0.2, 0.25) is 0 Å². The Hall–Kier alpha value is -1.84. The minimum absolute atomic E-state index is 0.0500. The van der Waals surface area contributed by atoms with Gasteiger partial charge in [-0.2, -0.15) is 0 Å². The molecular formula is C18H25NO3. The second-order valence-corrected chi connectivity index (χ2v) is 6.46. The molecule has 120 valence electrons. The maximum Gasteiger partial charge on any atom is 0.309 e. The van der Waals surface area contributed by atoms with Gasteiger partial charge in [0, 0.05) is 18.7 Å². The maximum atomic E-state index is 12.4. The lowest BCUT2D eigenvalue weighted by Crippen LogP contribution is -2.40. The minimum atomic E-state index is -0.115. The third kappa shape index (κ3) is 4.33. The number of aryl methyl sites for hydroxylation is 1. The van der Waals surface area contributed by atoms with Gasteiger partial charge in [-0.15, -0.1) is 0 Å². The van der Waals surface area contributed by atoms with Crippen molar-refractivity contribution in [3.05, 3.63) is 35.4 Å². The van der Waals surface area contributed by atoms with E-state index in [1.165, 1.54) is 0 Å². The van der Waals surface area contributed by atoms with E-state index >= 15 is 0 Å². The molecule has 1 aliphatic rings. The fourth-order valence-electron chi connectivity index (χ4n) is 2.56. The molecule has 0 unspecified atom stereocenters. The summed E-state index contributed by atoms with van der Waals surface area (Å²) in [4.78, 5) is 26.2. The molecule has 1 aliphatic heterocycles. The van der Waals surface area contributed by atoms with Gasteiger partial charge in [-0.25, -0.2) is 0 Å². The lowest BCUT2D eigenvalue weighted by atomic mass is 9.96. The van der Waals surface area contributed by atoms with Gasteiger partial charge in [0.1, 0.15) is 0 Å². The Labute approximate surface area is 132 Å². The molecule has 0 bridgehead atoms. The van der Waals surface area contributed by atoms with Crippen LogP contribution in [0.25, 0.3) is 0 Å². The zero-order valence-electron chi connectivity index (χ0n) is 13.7. The monoisotopic (exact) mass is 303 g/mol. The van der Waals surface area contributed by atoms with E-state index in [-0.39, 0.29) is 17.8 Å². The van der Waals surface area contributed by atoms with E-state index in [1.807, 2.05) is 49.9 Å².